The molecular formula is C16H17N3O. The number of pyridine rings is 1. The van der Waals surface area contributed by atoms with Crippen molar-refractivity contribution >= 4 is 11.6 Å². The minimum atomic E-state index is -0.0732. The molecule has 4 heteroatoms. The van der Waals surface area contributed by atoms with E-state index in [4.69, 9.17) is 5.73 Å². The predicted octanol–water partition coefficient (Wildman–Crippen LogP) is 1.90. The van der Waals surface area contributed by atoms with Crippen molar-refractivity contribution in [3.05, 3.63) is 59.4 Å². The summed E-state index contributed by atoms with van der Waals surface area (Å²) in [7, 11) is 0. The Labute approximate surface area is 118 Å². The molecule has 0 saturated carbocycles. The van der Waals surface area contributed by atoms with Gasteiger partial charge in [-0.2, -0.15) is 0 Å². The van der Waals surface area contributed by atoms with Crippen LogP contribution in [0.4, 0.5) is 5.69 Å². The van der Waals surface area contributed by atoms with Gasteiger partial charge in [-0.25, -0.2) is 4.98 Å². The highest BCUT2D eigenvalue weighted by Gasteiger charge is 2.21. The molecule has 0 saturated heterocycles. The number of nitrogens with two attached hydrogens (primary N) is 1. The molecule has 0 unspecified atom stereocenters. The topological polar surface area (TPSA) is 59.2 Å². The Kier molecular flexibility index (Phi) is 3.37. The molecule has 1 aliphatic rings. The number of benzene rings is 1. The number of hydrogen-bond acceptors (Lipinski definition) is 3. The minimum absolute atomic E-state index is 0.0732. The van der Waals surface area contributed by atoms with Crippen molar-refractivity contribution in [1.82, 2.24) is 9.88 Å². The number of amides is 1. The molecule has 2 N–H and O–H groups in total. The molecule has 1 amide bonds. The van der Waals surface area contributed by atoms with E-state index in [1.807, 2.05) is 17.0 Å². The summed E-state index contributed by atoms with van der Waals surface area (Å²) < 4.78 is 0. The molecule has 2 aromatic rings. The zero-order valence-corrected chi connectivity index (χ0v) is 11.2. The number of hydrogen-bond donors (Lipinski definition) is 1. The molecule has 0 aliphatic carbocycles. The molecule has 0 radical (unpaired) electrons. The Balaban J connectivity index is 1.80. The molecule has 3 rings (SSSR count). The highest BCUT2D eigenvalue weighted by molar-refractivity contribution is 5.97. The first-order chi connectivity index (χ1) is 9.75. The Morgan fingerprint density at radius 2 is 1.70 bits per heavy atom. The highest BCUT2D eigenvalue weighted by Crippen LogP contribution is 2.18. The lowest BCUT2D eigenvalue weighted by atomic mass is 10.0. The normalized spacial score (nSPS) is 14.5. The van der Waals surface area contributed by atoms with Crippen molar-refractivity contribution in [3.63, 3.8) is 0 Å². The first kappa shape index (κ1) is 12.7. The van der Waals surface area contributed by atoms with Crippen molar-refractivity contribution in [3.8, 4) is 0 Å². The van der Waals surface area contributed by atoms with Gasteiger partial charge in [-0.3, -0.25) is 4.79 Å². The molecule has 102 valence electrons. The summed E-state index contributed by atoms with van der Waals surface area (Å²) in [6.45, 7) is 1.43. The lowest BCUT2D eigenvalue weighted by molar-refractivity contribution is 0.0758. The van der Waals surface area contributed by atoms with Crippen molar-refractivity contribution in [2.75, 3.05) is 18.8 Å². The van der Waals surface area contributed by atoms with Crippen LogP contribution in [0.1, 0.15) is 21.6 Å². The fourth-order valence-corrected chi connectivity index (χ4v) is 2.62. The number of fused-ring (bicyclic) bond motifs is 1. The quantitative estimate of drug-likeness (QED) is 0.858. The largest absolute Gasteiger partial charge is 0.397 e. The van der Waals surface area contributed by atoms with Crippen LogP contribution in [-0.4, -0.2) is 28.9 Å². The third-order valence-corrected chi connectivity index (χ3v) is 3.75. The minimum Gasteiger partial charge on any atom is -0.397 e. The van der Waals surface area contributed by atoms with Gasteiger partial charge in [-0.1, -0.05) is 24.3 Å². The third kappa shape index (κ3) is 2.37. The van der Waals surface area contributed by atoms with E-state index in [-0.39, 0.29) is 5.91 Å². The van der Waals surface area contributed by atoms with Gasteiger partial charge in [0.25, 0.3) is 5.91 Å². The molecule has 20 heavy (non-hydrogen) atoms. The summed E-state index contributed by atoms with van der Waals surface area (Å²) in [5.74, 6) is -0.0732. The fraction of sp³-hybridized carbons (Fsp3) is 0.250. The van der Waals surface area contributed by atoms with E-state index in [0.717, 1.165) is 12.8 Å². The molecule has 0 atom stereocenters. The SMILES string of the molecule is Nc1cccnc1C(=O)N1CCc2ccccc2CC1. The van der Waals surface area contributed by atoms with Crippen LogP contribution >= 0.6 is 0 Å². The molecule has 1 aromatic heterocycles. The van der Waals surface area contributed by atoms with Crippen LogP contribution in [0.15, 0.2) is 42.6 Å². The Morgan fingerprint density at radius 3 is 2.30 bits per heavy atom. The van der Waals surface area contributed by atoms with Crippen LogP contribution < -0.4 is 5.73 Å². The third-order valence-electron chi connectivity index (χ3n) is 3.75. The van der Waals surface area contributed by atoms with E-state index in [0.29, 0.717) is 24.5 Å². The summed E-state index contributed by atoms with van der Waals surface area (Å²) in [4.78, 5) is 18.5. The number of carbonyl (C=O) groups is 1. The van der Waals surface area contributed by atoms with Crippen LogP contribution in [0.3, 0.4) is 0 Å². The summed E-state index contributed by atoms with van der Waals surface area (Å²) >= 11 is 0. The van der Waals surface area contributed by atoms with Crippen LogP contribution in [0.25, 0.3) is 0 Å². The predicted molar refractivity (Wildman–Crippen MR) is 78.4 cm³/mol. The van der Waals surface area contributed by atoms with E-state index in [2.05, 4.69) is 17.1 Å². The molecule has 0 bridgehead atoms. The number of rotatable bonds is 1. The number of carbonyl (C=O) groups excluding carboxylic acids is 1. The van der Waals surface area contributed by atoms with E-state index in [1.54, 1.807) is 18.3 Å². The monoisotopic (exact) mass is 267 g/mol. The molecule has 0 fully saturated rings. The van der Waals surface area contributed by atoms with Crippen LogP contribution in [0, 0.1) is 0 Å². The molecule has 0 spiro atoms. The zero-order chi connectivity index (χ0) is 13.9. The second-order valence-corrected chi connectivity index (χ2v) is 5.00. The van der Waals surface area contributed by atoms with Gasteiger partial charge in [-0.15, -0.1) is 0 Å². The van der Waals surface area contributed by atoms with Gasteiger partial charge in [0.05, 0.1) is 5.69 Å². The lowest BCUT2D eigenvalue weighted by Crippen LogP contribution is -2.34. The summed E-state index contributed by atoms with van der Waals surface area (Å²) in [6, 6.07) is 11.8. The van der Waals surface area contributed by atoms with Gasteiger partial charge in [0.2, 0.25) is 0 Å². The zero-order valence-electron chi connectivity index (χ0n) is 11.2. The maximum atomic E-state index is 12.5. The number of aromatic nitrogens is 1. The van der Waals surface area contributed by atoms with E-state index in [1.165, 1.54) is 11.1 Å². The second kappa shape index (κ2) is 5.33. The number of anilines is 1. The first-order valence-corrected chi connectivity index (χ1v) is 6.82. The van der Waals surface area contributed by atoms with Crippen LogP contribution in [-0.2, 0) is 12.8 Å². The van der Waals surface area contributed by atoms with Gasteiger partial charge >= 0.3 is 0 Å². The Morgan fingerprint density at radius 1 is 1.05 bits per heavy atom. The van der Waals surface area contributed by atoms with Gasteiger partial charge in [0, 0.05) is 19.3 Å². The van der Waals surface area contributed by atoms with Gasteiger partial charge in [0.1, 0.15) is 0 Å². The standard InChI is InChI=1S/C16H17N3O/c17-14-6-3-9-18-15(14)16(20)19-10-7-12-4-1-2-5-13(12)8-11-19/h1-6,9H,7-8,10-11,17H2. The van der Waals surface area contributed by atoms with Crippen LogP contribution in [0.2, 0.25) is 0 Å². The van der Waals surface area contributed by atoms with Gasteiger partial charge in [-0.05, 0) is 36.1 Å². The maximum absolute atomic E-state index is 12.5. The van der Waals surface area contributed by atoms with E-state index < -0.39 is 0 Å². The lowest BCUT2D eigenvalue weighted by Gasteiger charge is -2.20. The van der Waals surface area contributed by atoms with Crippen LogP contribution in [0.5, 0.6) is 0 Å². The smallest absolute Gasteiger partial charge is 0.274 e. The fourth-order valence-electron chi connectivity index (χ4n) is 2.62. The Bertz CT molecular complexity index is 612. The van der Waals surface area contributed by atoms with E-state index >= 15 is 0 Å². The summed E-state index contributed by atoms with van der Waals surface area (Å²) in [6.07, 6.45) is 3.37. The second-order valence-electron chi connectivity index (χ2n) is 5.00. The average molecular weight is 267 g/mol. The number of nitrogens with zero attached hydrogens (tertiary/aromatic N) is 2. The van der Waals surface area contributed by atoms with Crippen molar-refractivity contribution in [1.29, 1.82) is 0 Å². The van der Waals surface area contributed by atoms with Gasteiger partial charge < -0.3 is 10.6 Å². The van der Waals surface area contributed by atoms with Gasteiger partial charge in [0.15, 0.2) is 5.69 Å². The van der Waals surface area contributed by atoms with Crippen molar-refractivity contribution in [2.24, 2.45) is 0 Å². The summed E-state index contributed by atoms with van der Waals surface area (Å²) in [5, 5.41) is 0. The Hall–Kier alpha value is -2.36. The number of nitrogen functional groups attached to an aromatic ring is 1. The molecule has 4 nitrogen and oxygen atoms in total. The highest BCUT2D eigenvalue weighted by atomic mass is 16.2. The maximum Gasteiger partial charge on any atom is 0.274 e. The first-order valence-electron chi connectivity index (χ1n) is 6.82. The van der Waals surface area contributed by atoms with Crippen molar-refractivity contribution in [2.45, 2.75) is 12.8 Å². The molecule has 1 aliphatic heterocycles. The molecule has 2 heterocycles. The van der Waals surface area contributed by atoms with E-state index in [9.17, 15) is 4.79 Å². The molecule has 1 aromatic carbocycles. The summed E-state index contributed by atoms with van der Waals surface area (Å²) in [5.41, 5.74) is 9.31. The van der Waals surface area contributed by atoms with Crippen molar-refractivity contribution < 1.29 is 4.79 Å². The molecular weight excluding hydrogens is 250 g/mol. The average Bonchev–Trinajstić information content (AvgIpc) is 2.70.